The summed E-state index contributed by atoms with van der Waals surface area (Å²) in [7, 11) is 0. The number of hydrogen-bond acceptors (Lipinski definition) is 6. The zero-order valence-corrected chi connectivity index (χ0v) is 20.9. The molecule has 35 heavy (non-hydrogen) atoms. The molecule has 0 unspecified atom stereocenters. The summed E-state index contributed by atoms with van der Waals surface area (Å²) in [4.78, 5) is 24.2. The molecule has 0 fully saturated rings. The summed E-state index contributed by atoms with van der Waals surface area (Å²) in [5, 5.41) is 7.88. The first-order valence-electron chi connectivity index (χ1n) is 12.1. The lowest BCUT2D eigenvalue weighted by atomic mass is 10.1. The van der Waals surface area contributed by atoms with Crippen LogP contribution >= 0.6 is 0 Å². The van der Waals surface area contributed by atoms with Crippen LogP contribution in [0.15, 0.2) is 58.7 Å². The Kier molecular flexibility index (Phi) is 12.6. The summed E-state index contributed by atoms with van der Waals surface area (Å²) in [6.45, 7) is 7.28. The Morgan fingerprint density at radius 2 is 1.23 bits per heavy atom. The van der Waals surface area contributed by atoms with Gasteiger partial charge in [0.1, 0.15) is 11.5 Å². The number of hydrazone groups is 2. The van der Waals surface area contributed by atoms with Gasteiger partial charge in [0, 0.05) is 0 Å². The molecule has 2 rings (SSSR count). The normalized spacial score (nSPS) is 11.3. The Morgan fingerprint density at radius 3 is 1.69 bits per heavy atom. The van der Waals surface area contributed by atoms with Gasteiger partial charge in [0.05, 0.1) is 38.0 Å². The van der Waals surface area contributed by atoms with Gasteiger partial charge >= 0.3 is 0 Å². The number of benzene rings is 2. The first kappa shape index (κ1) is 27.6. The minimum absolute atomic E-state index is 0.196. The maximum atomic E-state index is 12.1. The highest BCUT2D eigenvalue weighted by atomic mass is 16.5. The van der Waals surface area contributed by atoms with Crippen LogP contribution < -0.4 is 20.3 Å². The predicted molar refractivity (Wildman–Crippen MR) is 139 cm³/mol. The topological polar surface area (TPSA) is 101 Å². The predicted octanol–water partition coefficient (Wildman–Crippen LogP) is 4.42. The number of carbonyl (C=O) groups is 2. The summed E-state index contributed by atoms with van der Waals surface area (Å²) in [6.07, 6.45) is 5.96. The van der Waals surface area contributed by atoms with Crippen molar-refractivity contribution in [1.82, 2.24) is 10.9 Å². The van der Waals surface area contributed by atoms with E-state index in [2.05, 4.69) is 34.9 Å². The van der Waals surface area contributed by atoms with E-state index in [9.17, 15) is 9.59 Å². The second kappa shape index (κ2) is 16.0. The molecule has 188 valence electrons. The van der Waals surface area contributed by atoms with E-state index >= 15 is 0 Å². The Labute approximate surface area is 207 Å². The van der Waals surface area contributed by atoms with E-state index in [1.807, 2.05) is 48.5 Å². The molecule has 2 amide bonds. The third kappa shape index (κ3) is 11.8. The Hall–Kier alpha value is -3.68. The summed E-state index contributed by atoms with van der Waals surface area (Å²) < 4.78 is 11.2. The second-order valence-electron chi connectivity index (χ2n) is 8.13. The van der Waals surface area contributed by atoms with Gasteiger partial charge in [-0.2, -0.15) is 10.2 Å². The highest BCUT2D eigenvalue weighted by Crippen LogP contribution is 2.14. The van der Waals surface area contributed by atoms with E-state index in [0.717, 1.165) is 48.3 Å². The third-order valence-corrected chi connectivity index (χ3v) is 4.91. The van der Waals surface area contributed by atoms with Crippen molar-refractivity contribution >= 4 is 23.7 Å². The highest BCUT2D eigenvalue weighted by Gasteiger charge is 2.04. The maximum Gasteiger partial charge on any atom is 0.244 e. The van der Waals surface area contributed by atoms with Crippen molar-refractivity contribution in [1.29, 1.82) is 0 Å². The van der Waals surface area contributed by atoms with E-state index in [-0.39, 0.29) is 24.7 Å². The van der Waals surface area contributed by atoms with E-state index < -0.39 is 0 Å². The lowest BCUT2D eigenvalue weighted by Crippen LogP contribution is -2.22. The van der Waals surface area contributed by atoms with Gasteiger partial charge in [-0.3, -0.25) is 9.59 Å². The smallest absolute Gasteiger partial charge is 0.244 e. The highest BCUT2D eigenvalue weighted by molar-refractivity contribution is 6.29. The van der Waals surface area contributed by atoms with E-state index in [1.54, 1.807) is 6.92 Å². The van der Waals surface area contributed by atoms with Gasteiger partial charge < -0.3 is 9.47 Å². The lowest BCUT2D eigenvalue weighted by molar-refractivity contribution is -0.121. The van der Waals surface area contributed by atoms with Crippen LogP contribution in [0.2, 0.25) is 0 Å². The minimum atomic E-state index is -0.250. The number of nitrogens with zero attached hydrogens (tertiary/aromatic N) is 2. The van der Waals surface area contributed by atoms with Crippen LogP contribution in [-0.2, 0) is 22.4 Å². The molecule has 0 aliphatic heterocycles. The minimum Gasteiger partial charge on any atom is -0.494 e. The zero-order chi connectivity index (χ0) is 25.3. The van der Waals surface area contributed by atoms with E-state index in [4.69, 9.17) is 9.47 Å². The first-order chi connectivity index (χ1) is 17.0. The van der Waals surface area contributed by atoms with Crippen molar-refractivity contribution in [2.75, 3.05) is 13.2 Å². The van der Waals surface area contributed by atoms with Gasteiger partial charge in [0.15, 0.2) is 0 Å². The molecular weight excluding hydrogens is 444 g/mol. The van der Waals surface area contributed by atoms with Gasteiger partial charge in [-0.15, -0.1) is 0 Å². The van der Waals surface area contributed by atoms with Crippen molar-refractivity contribution in [2.45, 2.75) is 59.3 Å². The number of hydrogen-bond donors (Lipinski definition) is 2. The van der Waals surface area contributed by atoms with Crippen LogP contribution in [0.5, 0.6) is 11.5 Å². The second-order valence-corrected chi connectivity index (χ2v) is 8.13. The van der Waals surface area contributed by atoms with Crippen molar-refractivity contribution in [3.63, 3.8) is 0 Å². The molecule has 0 bridgehead atoms. The van der Waals surface area contributed by atoms with Gasteiger partial charge in [-0.05, 0) is 55.2 Å². The largest absolute Gasteiger partial charge is 0.494 e. The fourth-order valence-corrected chi connectivity index (χ4v) is 2.90. The first-order valence-corrected chi connectivity index (χ1v) is 12.1. The number of nitrogens with one attached hydrogen (secondary N) is 2. The molecule has 2 aromatic rings. The third-order valence-electron chi connectivity index (χ3n) is 4.91. The van der Waals surface area contributed by atoms with Crippen molar-refractivity contribution in [3.05, 3.63) is 59.7 Å². The van der Waals surface area contributed by atoms with Gasteiger partial charge in [-0.1, -0.05) is 51.0 Å². The Balaban J connectivity index is 1.70. The van der Waals surface area contributed by atoms with Crippen LogP contribution in [0.4, 0.5) is 0 Å². The van der Waals surface area contributed by atoms with E-state index in [1.165, 1.54) is 6.21 Å². The quantitative estimate of drug-likeness (QED) is 0.224. The lowest BCUT2D eigenvalue weighted by Gasteiger charge is -2.06. The average molecular weight is 481 g/mol. The summed E-state index contributed by atoms with van der Waals surface area (Å²) in [6, 6.07) is 14.9. The average Bonchev–Trinajstić information content (AvgIpc) is 2.85. The fourth-order valence-electron chi connectivity index (χ4n) is 2.90. The molecular formula is C27H36N4O4. The summed E-state index contributed by atoms with van der Waals surface area (Å²) in [5.74, 6) is 1.09. The molecule has 2 N–H and O–H groups in total. The Bertz CT molecular complexity index is 970. The Morgan fingerprint density at radius 1 is 0.771 bits per heavy atom. The standard InChI is InChI=1S/C27H36N4O4/c1-4-6-16-34-24-12-8-22(9-13-24)18-26(32)30-28-20-21(3)29-31-27(33)19-23-10-14-25(15-11-23)35-17-7-5-2/h8-15,20H,4-7,16-19H2,1-3H3,(H,30,32)(H,31,33)/b28-20+,29-21+. The zero-order valence-electron chi connectivity index (χ0n) is 20.9. The molecule has 8 heteroatoms. The molecule has 0 heterocycles. The molecule has 0 radical (unpaired) electrons. The van der Waals surface area contributed by atoms with Crippen molar-refractivity contribution in [3.8, 4) is 11.5 Å². The number of amides is 2. The molecule has 0 aliphatic rings. The molecule has 0 saturated heterocycles. The molecule has 8 nitrogen and oxygen atoms in total. The molecule has 0 atom stereocenters. The van der Waals surface area contributed by atoms with Crippen molar-refractivity contribution < 1.29 is 19.1 Å². The monoisotopic (exact) mass is 480 g/mol. The van der Waals surface area contributed by atoms with Gasteiger partial charge in [0.25, 0.3) is 0 Å². The molecule has 2 aromatic carbocycles. The SMILES string of the molecule is CCCCOc1ccc(CC(=O)N/N=C/C(C)=N/NC(=O)Cc2ccc(OCCCC)cc2)cc1. The molecule has 0 aliphatic carbocycles. The summed E-state index contributed by atoms with van der Waals surface area (Å²) >= 11 is 0. The van der Waals surface area contributed by atoms with Crippen LogP contribution in [0, 0.1) is 0 Å². The summed E-state index contributed by atoms with van der Waals surface area (Å²) in [5.41, 5.74) is 7.13. The van der Waals surface area contributed by atoms with Crippen LogP contribution in [0.25, 0.3) is 0 Å². The van der Waals surface area contributed by atoms with E-state index in [0.29, 0.717) is 18.9 Å². The number of rotatable bonds is 15. The van der Waals surface area contributed by atoms with Gasteiger partial charge in [0.2, 0.25) is 11.8 Å². The van der Waals surface area contributed by atoms with Crippen molar-refractivity contribution in [2.24, 2.45) is 10.2 Å². The van der Waals surface area contributed by atoms with Gasteiger partial charge in [-0.25, -0.2) is 10.9 Å². The van der Waals surface area contributed by atoms with Crippen LogP contribution in [0.3, 0.4) is 0 Å². The molecule has 0 aromatic heterocycles. The van der Waals surface area contributed by atoms with Crippen LogP contribution in [-0.4, -0.2) is 37.0 Å². The number of ether oxygens (including phenoxy) is 2. The fraction of sp³-hybridized carbons (Fsp3) is 0.407. The number of unbranched alkanes of at least 4 members (excludes halogenated alkanes) is 2. The number of carbonyl (C=O) groups excluding carboxylic acids is 2. The molecule has 0 spiro atoms. The maximum absolute atomic E-state index is 12.1. The van der Waals surface area contributed by atoms with Crippen LogP contribution in [0.1, 0.15) is 57.6 Å². The molecule has 0 saturated carbocycles.